The molecule has 5 nitrogen and oxygen atoms in total. The Morgan fingerprint density at radius 2 is 2.00 bits per heavy atom. The van der Waals surface area contributed by atoms with E-state index in [1.807, 2.05) is 0 Å². The quantitative estimate of drug-likeness (QED) is 0.895. The topological polar surface area (TPSA) is 83.5 Å². The molecule has 0 amide bonds. The highest BCUT2D eigenvalue weighted by Crippen LogP contribution is 2.30. The summed E-state index contributed by atoms with van der Waals surface area (Å²) >= 11 is 0. The first-order valence-electron chi connectivity index (χ1n) is 7.17. The number of carbonyl (C=O) groups is 1. The van der Waals surface area contributed by atoms with Gasteiger partial charge in [0.05, 0.1) is 10.5 Å². The third-order valence-corrected chi connectivity index (χ3v) is 5.89. The molecule has 0 heterocycles. The average Bonchev–Trinajstić information content (AvgIpc) is 2.44. The Morgan fingerprint density at radius 1 is 1.29 bits per heavy atom. The van der Waals surface area contributed by atoms with Crippen LogP contribution in [0.1, 0.15) is 43.5 Å². The Hall–Kier alpha value is -1.40. The first-order chi connectivity index (χ1) is 9.81. The Morgan fingerprint density at radius 3 is 2.67 bits per heavy atom. The van der Waals surface area contributed by atoms with Crippen LogP contribution >= 0.6 is 0 Å². The van der Waals surface area contributed by atoms with Crippen molar-refractivity contribution in [3.8, 4) is 0 Å². The molecular formula is C15H21NO4S. The molecule has 1 saturated carbocycles. The van der Waals surface area contributed by atoms with Crippen molar-refractivity contribution in [3.05, 3.63) is 29.8 Å². The number of carboxylic acid groups (broad SMARTS) is 1. The largest absolute Gasteiger partial charge is 0.478 e. The zero-order valence-corrected chi connectivity index (χ0v) is 13.1. The first kappa shape index (κ1) is 16.0. The van der Waals surface area contributed by atoms with Crippen LogP contribution in [0.15, 0.2) is 29.2 Å². The Balaban J connectivity index is 2.22. The van der Waals surface area contributed by atoms with Gasteiger partial charge in [-0.3, -0.25) is 0 Å². The van der Waals surface area contributed by atoms with Crippen molar-refractivity contribution in [1.29, 1.82) is 0 Å². The molecule has 2 rings (SSSR count). The van der Waals surface area contributed by atoms with Crippen molar-refractivity contribution in [3.63, 3.8) is 0 Å². The monoisotopic (exact) mass is 311 g/mol. The maximum Gasteiger partial charge on any atom is 0.335 e. The van der Waals surface area contributed by atoms with E-state index in [1.54, 1.807) is 0 Å². The van der Waals surface area contributed by atoms with Crippen LogP contribution in [0.3, 0.4) is 0 Å². The van der Waals surface area contributed by atoms with Crippen LogP contribution in [0.2, 0.25) is 0 Å². The zero-order chi connectivity index (χ0) is 15.6. The second-order valence-corrected chi connectivity index (χ2v) is 7.54. The Kier molecular flexibility index (Phi) is 4.68. The van der Waals surface area contributed by atoms with Crippen LogP contribution in [-0.2, 0) is 10.0 Å². The fourth-order valence-corrected chi connectivity index (χ4v) is 4.22. The van der Waals surface area contributed by atoms with Gasteiger partial charge in [-0.15, -0.1) is 0 Å². The molecule has 2 N–H and O–H groups in total. The fraction of sp³-hybridized carbons (Fsp3) is 0.533. The van der Waals surface area contributed by atoms with E-state index in [1.165, 1.54) is 24.3 Å². The van der Waals surface area contributed by atoms with Crippen LogP contribution in [0.4, 0.5) is 0 Å². The minimum Gasteiger partial charge on any atom is -0.478 e. The fourth-order valence-electron chi connectivity index (χ4n) is 2.81. The maximum atomic E-state index is 12.4. The van der Waals surface area contributed by atoms with Crippen LogP contribution < -0.4 is 4.72 Å². The molecule has 1 aliphatic rings. The van der Waals surface area contributed by atoms with Crippen molar-refractivity contribution in [2.45, 2.75) is 44.0 Å². The second kappa shape index (κ2) is 6.15. The number of hydrogen-bond donors (Lipinski definition) is 2. The Bertz CT molecular complexity index is 626. The van der Waals surface area contributed by atoms with Crippen molar-refractivity contribution in [2.75, 3.05) is 0 Å². The summed E-state index contributed by atoms with van der Waals surface area (Å²) in [5.74, 6) is -0.375. The van der Waals surface area contributed by atoms with E-state index in [4.69, 9.17) is 5.11 Å². The van der Waals surface area contributed by atoms with Crippen LogP contribution in [0, 0.1) is 11.8 Å². The van der Waals surface area contributed by atoms with Gasteiger partial charge in [-0.2, -0.15) is 0 Å². The molecule has 0 spiro atoms. The lowest BCUT2D eigenvalue weighted by Gasteiger charge is -2.34. The normalized spacial score (nSPS) is 26.5. The summed E-state index contributed by atoms with van der Waals surface area (Å²) in [4.78, 5) is 11.0. The van der Waals surface area contributed by atoms with Gasteiger partial charge in [0.15, 0.2) is 0 Å². The first-order valence-corrected chi connectivity index (χ1v) is 8.65. The molecule has 21 heavy (non-hydrogen) atoms. The lowest BCUT2D eigenvalue weighted by molar-refractivity contribution is 0.0696. The molecule has 0 radical (unpaired) electrons. The van der Waals surface area contributed by atoms with Gasteiger partial charge >= 0.3 is 5.97 Å². The summed E-state index contributed by atoms with van der Waals surface area (Å²) < 4.78 is 27.6. The van der Waals surface area contributed by atoms with Crippen LogP contribution in [-0.4, -0.2) is 25.5 Å². The van der Waals surface area contributed by atoms with Crippen molar-refractivity contribution < 1.29 is 18.3 Å². The van der Waals surface area contributed by atoms with Crippen molar-refractivity contribution in [1.82, 2.24) is 4.72 Å². The van der Waals surface area contributed by atoms with E-state index < -0.39 is 16.0 Å². The van der Waals surface area contributed by atoms with Gasteiger partial charge in [-0.25, -0.2) is 17.9 Å². The summed E-state index contributed by atoms with van der Waals surface area (Å²) in [6, 6.07) is 5.36. The summed E-state index contributed by atoms with van der Waals surface area (Å²) in [5.41, 5.74) is -0.0251. The van der Waals surface area contributed by atoms with Gasteiger partial charge < -0.3 is 5.11 Å². The Labute approximate surface area is 125 Å². The predicted octanol–water partition coefficient (Wildman–Crippen LogP) is 2.49. The van der Waals surface area contributed by atoms with E-state index in [0.29, 0.717) is 5.92 Å². The van der Waals surface area contributed by atoms with Crippen molar-refractivity contribution in [2.24, 2.45) is 11.8 Å². The number of nitrogens with one attached hydrogen (secondary N) is 1. The SMILES string of the molecule is C[C@H]1[C@H](C)CCC[C@@H]1NS(=O)(=O)c1cccc(C(=O)O)c1. The standard InChI is InChI=1S/C15H21NO4S/c1-10-5-3-8-14(11(10)2)16-21(19,20)13-7-4-6-12(9-13)15(17)18/h4,6-7,9-11,14,16H,3,5,8H2,1-2H3,(H,17,18)/t10-,11+,14+/m1/s1. The molecule has 6 heteroatoms. The molecule has 0 bridgehead atoms. The van der Waals surface area contributed by atoms with E-state index >= 15 is 0 Å². The molecule has 1 aromatic carbocycles. The van der Waals surface area contributed by atoms with Gasteiger partial charge in [0.25, 0.3) is 0 Å². The highest BCUT2D eigenvalue weighted by molar-refractivity contribution is 7.89. The molecule has 116 valence electrons. The zero-order valence-electron chi connectivity index (χ0n) is 12.2. The summed E-state index contributed by atoms with van der Waals surface area (Å²) in [5, 5.41) is 8.96. The smallest absolute Gasteiger partial charge is 0.335 e. The molecular weight excluding hydrogens is 290 g/mol. The highest BCUT2D eigenvalue weighted by Gasteiger charge is 2.30. The highest BCUT2D eigenvalue weighted by atomic mass is 32.2. The minimum atomic E-state index is -3.69. The lowest BCUT2D eigenvalue weighted by atomic mass is 9.78. The number of aromatic carboxylic acids is 1. The summed E-state index contributed by atoms with van der Waals surface area (Å²) in [6.45, 7) is 4.20. The summed E-state index contributed by atoms with van der Waals surface area (Å²) in [7, 11) is -3.69. The van der Waals surface area contributed by atoms with E-state index in [2.05, 4.69) is 18.6 Å². The van der Waals surface area contributed by atoms with Gasteiger partial charge in [0.2, 0.25) is 10.0 Å². The molecule has 0 unspecified atom stereocenters. The van der Waals surface area contributed by atoms with Gasteiger partial charge in [-0.05, 0) is 36.5 Å². The van der Waals surface area contributed by atoms with E-state index in [-0.39, 0.29) is 22.4 Å². The predicted molar refractivity (Wildman–Crippen MR) is 79.7 cm³/mol. The van der Waals surface area contributed by atoms with E-state index in [0.717, 1.165) is 19.3 Å². The number of carboxylic acids is 1. The maximum absolute atomic E-state index is 12.4. The molecule has 3 atom stereocenters. The number of rotatable bonds is 4. The van der Waals surface area contributed by atoms with Gasteiger partial charge in [0, 0.05) is 6.04 Å². The molecule has 1 fully saturated rings. The number of hydrogen-bond acceptors (Lipinski definition) is 3. The number of sulfonamides is 1. The van der Waals surface area contributed by atoms with Gasteiger partial charge in [-0.1, -0.05) is 32.8 Å². The third-order valence-electron chi connectivity index (χ3n) is 4.40. The minimum absolute atomic E-state index is 0.00725. The van der Waals surface area contributed by atoms with Crippen molar-refractivity contribution >= 4 is 16.0 Å². The lowest BCUT2D eigenvalue weighted by Crippen LogP contribution is -2.43. The molecule has 0 aromatic heterocycles. The van der Waals surface area contributed by atoms with Gasteiger partial charge in [0.1, 0.15) is 0 Å². The molecule has 0 aliphatic heterocycles. The number of benzene rings is 1. The van der Waals surface area contributed by atoms with Crippen LogP contribution in [0.5, 0.6) is 0 Å². The average molecular weight is 311 g/mol. The third kappa shape index (κ3) is 3.63. The molecule has 1 aliphatic carbocycles. The second-order valence-electron chi connectivity index (χ2n) is 5.83. The molecule has 0 saturated heterocycles. The van der Waals surface area contributed by atoms with E-state index in [9.17, 15) is 13.2 Å². The molecule has 1 aromatic rings. The van der Waals surface area contributed by atoms with Crippen LogP contribution in [0.25, 0.3) is 0 Å². The summed E-state index contributed by atoms with van der Waals surface area (Å²) in [6.07, 6.45) is 2.95.